The van der Waals surface area contributed by atoms with Crippen LogP contribution in [0.15, 0.2) is 52.4 Å². The van der Waals surface area contributed by atoms with E-state index in [-0.39, 0.29) is 17.9 Å². The largest absolute Gasteiger partial charge is 0.493 e. The minimum atomic E-state index is -0.417. The highest BCUT2D eigenvalue weighted by Gasteiger charge is 2.32. The first-order valence-electron chi connectivity index (χ1n) is 11.3. The van der Waals surface area contributed by atoms with Crippen molar-refractivity contribution in [3.63, 3.8) is 0 Å². The van der Waals surface area contributed by atoms with Crippen molar-refractivity contribution >= 4 is 23.5 Å². The Balaban J connectivity index is 1.69. The highest BCUT2D eigenvalue weighted by atomic mass is 32.2. The summed E-state index contributed by atoms with van der Waals surface area (Å²) in [5, 5.41) is 3.46. The van der Waals surface area contributed by atoms with Gasteiger partial charge in [0.25, 0.3) is 5.56 Å². The first-order chi connectivity index (χ1) is 16.4. The third kappa shape index (κ3) is 4.97. The number of rotatable bonds is 8. The molecule has 0 saturated heterocycles. The van der Waals surface area contributed by atoms with Crippen LogP contribution in [-0.2, 0) is 17.6 Å². The lowest BCUT2D eigenvalue weighted by molar-refractivity contribution is -0.116. The number of hydrogen-bond donors (Lipinski definition) is 1. The lowest BCUT2D eigenvalue weighted by atomic mass is 9.86. The van der Waals surface area contributed by atoms with Gasteiger partial charge in [-0.2, -0.15) is 4.98 Å². The van der Waals surface area contributed by atoms with Crippen LogP contribution in [0, 0.1) is 6.92 Å². The number of nitrogens with zero attached hydrogens (tertiary/aromatic N) is 2. The fraction of sp³-hybridized carbons (Fsp3) is 0.346. The summed E-state index contributed by atoms with van der Waals surface area (Å²) in [7, 11) is 3.41. The Labute approximate surface area is 203 Å². The summed E-state index contributed by atoms with van der Waals surface area (Å²) in [6.07, 6.45) is 1.05. The molecule has 0 unspecified atom stereocenters. The highest BCUT2D eigenvalue weighted by Crippen LogP contribution is 2.39. The average molecular weight is 480 g/mol. The van der Waals surface area contributed by atoms with Crippen LogP contribution >= 0.6 is 11.8 Å². The molecule has 8 heteroatoms. The number of carbonyl (C=O) groups is 1. The number of amides is 1. The number of aryl methyl sites for hydroxylation is 1. The minimum absolute atomic E-state index is 0.140. The van der Waals surface area contributed by atoms with Crippen LogP contribution in [0.3, 0.4) is 0 Å². The van der Waals surface area contributed by atoms with E-state index in [1.165, 1.54) is 17.3 Å². The van der Waals surface area contributed by atoms with Crippen molar-refractivity contribution in [2.75, 3.05) is 19.0 Å². The van der Waals surface area contributed by atoms with Crippen LogP contribution in [0.2, 0.25) is 0 Å². The smallest absolute Gasteiger partial charge is 0.279 e. The van der Waals surface area contributed by atoms with E-state index in [1.807, 2.05) is 51.2 Å². The number of hydrogen-bond acceptors (Lipinski definition) is 6. The van der Waals surface area contributed by atoms with Gasteiger partial charge in [0.1, 0.15) is 5.82 Å². The standard InChI is InChI=1S/C26H29N3O4S/c1-5-11-33-20-10-9-18(13-21(20)32-4)19-14-22(30)27-24-23(19)25(31)28-26(29(24)3)34-15-17-8-6-7-16(2)12-17/h6-10,12-13,19H,5,11,14-15H2,1-4H3,(H,27,30)/t19-/m0/s1. The quantitative estimate of drug-likeness (QED) is 0.374. The van der Waals surface area contributed by atoms with E-state index in [2.05, 4.69) is 22.4 Å². The van der Waals surface area contributed by atoms with Gasteiger partial charge in [-0.1, -0.05) is 54.6 Å². The molecule has 1 aliphatic rings. The van der Waals surface area contributed by atoms with Crippen LogP contribution in [0.5, 0.6) is 11.5 Å². The van der Waals surface area contributed by atoms with Gasteiger partial charge in [-0.15, -0.1) is 0 Å². The van der Waals surface area contributed by atoms with E-state index in [9.17, 15) is 9.59 Å². The third-order valence-corrected chi connectivity index (χ3v) is 6.90. The number of fused-ring (bicyclic) bond motifs is 1. The van der Waals surface area contributed by atoms with E-state index in [1.54, 1.807) is 11.7 Å². The Kier molecular flexibility index (Phi) is 7.26. The monoisotopic (exact) mass is 479 g/mol. The summed E-state index contributed by atoms with van der Waals surface area (Å²) in [5.74, 6) is 1.84. The van der Waals surface area contributed by atoms with Crippen LogP contribution in [0.25, 0.3) is 0 Å². The molecule has 178 valence electrons. The minimum Gasteiger partial charge on any atom is -0.493 e. The summed E-state index contributed by atoms with van der Waals surface area (Å²) < 4.78 is 13.1. The molecule has 1 atom stereocenters. The molecule has 4 rings (SSSR count). The summed E-state index contributed by atoms with van der Waals surface area (Å²) >= 11 is 1.47. The first kappa shape index (κ1) is 23.9. The van der Waals surface area contributed by atoms with Gasteiger partial charge in [-0.05, 0) is 36.6 Å². The van der Waals surface area contributed by atoms with Gasteiger partial charge in [0.2, 0.25) is 5.91 Å². The number of nitrogens with one attached hydrogen (secondary N) is 1. The summed E-state index contributed by atoms with van der Waals surface area (Å²) in [4.78, 5) is 30.3. The van der Waals surface area contributed by atoms with Gasteiger partial charge >= 0.3 is 0 Å². The SMILES string of the molecule is CCCOc1ccc([C@@H]2CC(=O)Nc3c2c(=O)nc(SCc2cccc(C)c2)n3C)cc1OC. The van der Waals surface area contributed by atoms with Gasteiger partial charge in [0.15, 0.2) is 16.7 Å². The molecule has 2 aromatic carbocycles. The van der Waals surface area contributed by atoms with Crippen LogP contribution in [0.1, 0.15) is 47.9 Å². The Morgan fingerprint density at radius 1 is 1.18 bits per heavy atom. The normalized spacial score (nSPS) is 14.9. The van der Waals surface area contributed by atoms with Crippen molar-refractivity contribution < 1.29 is 14.3 Å². The zero-order valence-corrected chi connectivity index (χ0v) is 20.7. The Bertz CT molecular complexity index is 1270. The lowest BCUT2D eigenvalue weighted by Gasteiger charge is -2.28. The number of thioether (sulfide) groups is 1. The van der Waals surface area contributed by atoms with Gasteiger partial charge in [0.05, 0.1) is 19.3 Å². The van der Waals surface area contributed by atoms with Crippen LogP contribution in [0.4, 0.5) is 5.82 Å². The number of carbonyl (C=O) groups excluding carboxylic acids is 1. The van der Waals surface area contributed by atoms with E-state index in [0.29, 0.717) is 40.4 Å². The molecule has 0 spiro atoms. The van der Waals surface area contributed by atoms with Crippen LogP contribution in [-0.4, -0.2) is 29.2 Å². The molecule has 7 nitrogen and oxygen atoms in total. The van der Waals surface area contributed by atoms with Gasteiger partial charge in [-0.3, -0.25) is 9.59 Å². The molecule has 0 saturated carbocycles. The molecular weight excluding hydrogens is 450 g/mol. The predicted octanol–water partition coefficient (Wildman–Crippen LogP) is 4.65. The molecule has 1 N–H and O–H groups in total. The van der Waals surface area contributed by atoms with Gasteiger partial charge < -0.3 is 19.4 Å². The number of methoxy groups -OCH3 is 1. The molecule has 0 aliphatic carbocycles. The van der Waals surface area contributed by atoms with E-state index in [0.717, 1.165) is 17.5 Å². The van der Waals surface area contributed by atoms with Crippen molar-refractivity contribution in [3.8, 4) is 11.5 Å². The first-order valence-corrected chi connectivity index (χ1v) is 12.3. The van der Waals surface area contributed by atoms with Gasteiger partial charge in [-0.25, -0.2) is 0 Å². The second-order valence-electron chi connectivity index (χ2n) is 8.36. The molecule has 0 radical (unpaired) electrons. The number of benzene rings is 2. The molecule has 3 aromatic rings. The number of ether oxygens (including phenoxy) is 2. The van der Waals surface area contributed by atoms with Crippen molar-refractivity contribution in [2.24, 2.45) is 7.05 Å². The summed E-state index contributed by atoms with van der Waals surface area (Å²) in [6.45, 7) is 4.67. The Morgan fingerprint density at radius 2 is 2.00 bits per heavy atom. The maximum absolute atomic E-state index is 13.2. The lowest BCUT2D eigenvalue weighted by Crippen LogP contribution is -2.33. The third-order valence-electron chi connectivity index (χ3n) is 5.80. The zero-order valence-electron chi connectivity index (χ0n) is 19.9. The van der Waals surface area contributed by atoms with Crippen LogP contribution < -0.4 is 20.3 Å². The molecule has 1 amide bonds. The van der Waals surface area contributed by atoms with Crippen molar-refractivity contribution in [1.82, 2.24) is 9.55 Å². The fourth-order valence-electron chi connectivity index (χ4n) is 4.13. The van der Waals surface area contributed by atoms with Crippen molar-refractivity contribution in [3.05, 3.63) is 75.1 Å². The van der Waals surface area contributed by atoms with E-state index >= 15 is 0 Å². The Morgan fingerprint density at radius 3 is 2.74 bits per heavy atom. The second-order valence-corrected chi connectivity index (χ2v) is 9.30. The van der Waals surface area contributed by atoms with Crippen molar-refractivity contribution in [1.29, 1.82) is 0 Å². The molecule has 34 heavy (non-hydrogen) atoms. The number of aromatic nitrogens is 2. The highest BCUT2D eigenvalue weighted by molar-refractivity contribution is 7.98. The van der Waals surface area contributed by atoms with E-state index < -0.39 is 5.92 Å². The molecule has 1 aliphatic heterocycles. The topological polar surface area (TPSA) is 82.5 Å². The maximum atomic E-state index is 13.2. The fourth-order valence-corrected chi connectivity index (χ4v) is 5.04. The molecule has 2 heterocycles. The average Bonchev–Trinajstić information content (AvgIpc) is 2.83. The van der Waals surface area contributed by atoms with Gasteiger partial charge in [0, 0.05) is 25.1 Å². The number of anilines is 1. The predicted molar refractivity (Wildman–Crippen MR) is 134 cm³/mol. The zero-order chi connectivity index (χ0) is 24.2. The maximum Gasteiger partial charge on any atom is 0.279 e. The molecular formula is C26H29N3O4S. The summed E-state index contributed by atoms with van der Waals surface area (Å²) in [6, 6.07) is 13.8. The second kappa shape index (κ2) is 10.3. The molecule has 0 bridgehead atoms. The van der Waals surface area contributed by atoms with E-state index in [4.69, 9.17) is 9.47 Å². The Hall–Kier alpha value is -3.26. The summed E-state index contributed by atoms with van der Waals surface area (Å²) in [5.41, 5.74) is 3.32. The van der Waals surface area contributed by atoms with Crippen molar-refractivity contribution in [2.45, 2.75) is 43.5 Å². The molecule has 1 aromatic heterocycles. The molecule has 0 fully saturated rings.